The molecule has 2 aromatic rings. The number of nitrogens with zero attached hydrogens (tertiary/aromatic N) is 3. The zero-order valence-corrected chi connectivity index (χ0v) is 13.1. The van der Waals surface area contributed by atoms with E-state index in [0.717, 1.165) is 51.3 Å². The first-order valence-electron chi connectivity index (χ1n) is 8.26. The first kappa shape index (κ1) is 14.6. The first-order valence-corrected chi connectivity index (χ1v) is 8.26. The van der Waals surface area contributed by atoms with Crippen LogP contribution in [0.2, 0.25) is 0 Å². The summed E-state index contributed by atoms with van der Waals surface area (Å²) in [6.45, 7) is 4.28. The van der Waals surface area contributed by atoms with Gasteiger partial charge in [-0.15, -0.1) is 0 Å². The van der Waals surface area contributed by atoms with Crippen molar-refractivity contribution < 1.29 is 9.47 Å². The molecule has 1 aromatic heterocycles. The minimum absolute atomic E-state index is 0.0183. The third-order valence-electron chi connectivity index (χ3n) is 4.60. The maximum Gasteiger partial charge on any atom is 0.160 e. The van der Waals surface area contributed by atoms with Gasteiger partial charge in [0.1, 0.15) is 0 Å². The Bertz CT molecular complexity index is 614. The summed E-state index contributed by atoms with van der Waals surface area (Å²) in [5.41, 5.74) is 2.29. The van der Waals surface area contributed by atoms with Crippen molar-refractivity contribution in [2.24, 2.45) is 5.92 Å². The lowest BCUT2D eigenvalue weighted by Gasteiger charge is -2.34. The first-order chi connectivity index (χ1) is 11.4. The molecule has 120 valence electrons. The van der Waals surface area contributed by atoms with Crippen molar-refractivity contribution in [3.8, 4) is 0 Å². The van der Waals surface area contributed by atoms with E-state index < -0.39 is 0 Å². The van der Waals surface area contributed by atoms with Crippen LogP contribution in [0.4, 0.5) is 5.69 Å². The molecule has 3 heterocycles. The molecule has 0 saturated carbocycles. The third kappa shape index (κ3) is 3.34. The Balaban J connectivity index is 1.34. The summed E-state index contributed by atoms with van der Waals surface area (Å²) in [6, 6.07) is 12.0. The van der Waals surface area contributed by atoms with Crippen LogP contribution in [0.25, 0.3) is 0 Å². The molecule has 5 nitrogen and oxygen atoms in total. The van der Waals surface area contributed by atoms with E-state index in [1.807, 2.05) is 29.1 Å². The fourth-order valence-corrected chi connectivity index (χ4v) is 3.34. The van der Waals surface area contributed by atoms with Crippen LogP contribution in [-0.2, 0) is 16.0 Å². The maximum absolute atomic E-state index is 5.64. The summed E-state index contributed by atoms with van der Waals surface area (Å²) in [7, 11) is 0. The molecular formula is C18H21N3O2. The number of hydrogen-bond donors (Lipinski definition) is 0. The van der Waals surface area contributed by atoms with Gasteiger partial charge < -0.3 is 14.4 Å². The highest BCUT2D eigenvalue weighted by atomic mass is 16.7. The fraction of sp³-hybridized carbons (Fsp3) is 0.500. The summed E-state index contributed by atoms with van der Waals surface area (Å²) in [4.78, 5) is 2.40. The highest BCUT2D eigenvalue weighted by molar-refractivity contribution is 5.42. The van der Waals surface area contributed by atoms with Gasteiger partial charge in [-0.25, -0.2) is 0 Å². The summed E-state index contributed by atoms with van der Waals surface area (Å²) in [5.74, 6) is 0.526. The van der Waals surface area contributed by atoms with Gasteiger partial charge in [0.05, 0.1) is 31.6 Å². The Kier molecular flexibility index (Phi) is 4.18. The van der Waals surface area contributed by atoms with Crippen LogP contribution in [0, 0.1) is 18.1 Å². The van der Waals surface area contributed by atoms with Gasteiger partial charge in [0.25, 0.3) is 0 Å². The van der Waals surface area contributed by atoms with E-state index in [9.17, 15) is 0 Å². The van der Waals surface area contributed by atoms with Gasteiger partial charge in [-0.3, -0.25) is 4.68 Å². The van der Waals surface area contributed by atoms with Gasteiger partial charge >= 0.3 is 0 Å². The van der Waals surface area contributed by atoms with Crippen molar-refractivity contribution in [2.75, 3.05) is 31.2 Å². The molecule has 2 aliphatic heterocycles. The van der Waals surface area contributed by atoms with Gasteiger partial charge in [0, 0.05) is 30.8 Å². The molecule has 23 heavy (non-hydrogen) atoms. The smallest absolute Gasteiger partial charge is 0.160 e. The van der Waals surface area contributed by atoms with E-state index in [1.165, 1.54) is 5.69 Å². The number of anilines is 1. The van der Waals surface area contributed by atoms with Crippen molar-refractivity contribution in [1.82, 2.24) is 9.78 Å². The van der Waals surface area contributed by atoms with E-state index >= 15 is 0 Å². The zero-order chi connectivity index (χ0) is 15.5. The predicted molar refractivity (Wildman–Crippen MR) is 86.1 cm³/mol. The van der Waals surface area contributed by atoms with Gasteiger partial charge in [0.15, 0.2) is 6.29 Å². The molecule has 0 amide bonds. The molecule has 0 spiro atoms. The van der Waals surface area contributed by atoms with Gasteiger partial charge in [-0.05, 0) is 25.0 Å². The minimum Gasteiger partial charge on any atom is -0.369 e. The molecule has 1 aromatic carbocycles. The van der Waals surface area contributed by atoms with Crippen LogP contribution in [-0.4, -0.2) is 42.4 Å². The SMILES string of the molecule is c1cccc(Cn2cc(N3CCC(C4OCCO4)CC3)cn2)c#1. The Morgan fingerprint density at radius 2 is 2.04 bits per heavy atom. The van der Waals surface area contributed by atoms with Crippen molar-refractivity contribution >= 4 is 5.69 Å². The summed E-state index contributed by atoms with van der Waals surface area (Å²) < 4.78 is 13.2. The molecular weight excluding hydrogens is 290 g/mol. The molecule has 2 fully saturated rings. The number of rotatable bonds is 4. The lowest BCUT2D eigenvalue weighted by Crippen LogP contribution is -2.38. The van der Waals surface area contributed by atoms with E-state index in [2.05, 4.69) is 28.3 Å². The summed E-state index contributed by atoms with van der Waals surface area (Å²) >= 11 is 0. The minimum atomic E-state index is 0.0183. The average Bonchev–Trinajstić information content (AvgIpc) is 3.28. The molecule has 0 atom stereocenters. The van der Waals surface area contributed by atoms with Crippen molar-refractivity contribution in [3.63, 3.8) is 0 Å². The van der Waals surface area contributed by atoms with Crippen LogP contribution >= 0.6 is 0 Å². The highest BCUT2D eigenvalue weighted by Crippen LogP contribution is 2.28. The van der Waals surface area contributed by atoms with Gasteiger partial charge in [0.2, 0.25) is 0 Å². The molecule has 0 radical (unpaired) electrons. The van der Waals surface area contributed by atoms with Gasteiger partial charge in [-0.1, -0.05) is 18.2 Å². The van der Waals surface area contributed by atoms with Crippen LogP contribution in [0.1, 0.15) is 18.4 Å². The normalized spacial score (nSPS) is 19.9. The second-order valence-electron chi connectivity index (χ2n) is 6.15. The number of aromatic nitrogens is 2. The maximum atomic E-state index is 5.64. The topological polar surface area (TPSA) is 39.5 Å². The lowest BCUT2D eigenvalue weighted by molar-refractivity contribution is -0.0889. The highest BCUT2D eigenvalue weighted by Gasteiger charge is 2.30. The van der Waals surface area contributed by atoms with E-state index in [0.29, 0.717) is 5.92 Å². The second-order valence-corrected chi connectivity index (χ2v) is 6.15. The largest absolute Gasteiger partial charge is 0.369 e. The molecule has 5 heteroatoms. The summed E-state index contributed by atoms with van der Waals surface area (Å²) in [6.07, 6.45) is 6.30. The van der Waals surface area contributed by atoms with Crippen LogP contribution in [0.15, 0.2) is 30.6 Å². The lowest BCUT2D eigenvalue weighted by atomic mass is 9.96. The van der Waals surface area contributed by atoms with Gasteiger partial charge in [-0.2, -0.15) is 5.10 Å². The molecule has 2 saturated heterocycles. The molecule has 0 aliphatic carbocycles. The van der Waals surface area contributed by atoms with Crippen LogP contribution in [0.5, 0.6) is 0 Å². The monoisotopic (exact) mass is 311 g/mol. The van der Waals surface area contributed by atoms with E-state index in [4.69, 9.17) is 9.47 Å². The molecule has 0 N–H and O–H groups in total. The molecule has 0 bridgehead atoms. The average molecular weight is 311 g/mol. The fourth-order valence-electron chi connectivity index (χ4n) is 3.34. The predicted octanol–water partition coefficient (Wildman–Crippen LogP) is 2.12. The Labute approximate surface area is 136 Å². The molecule has 4 rings (SSSR count). The van der Waals surface area contributed by atoms with Crippen molar-refractivity contribution in [3.05, 3.63) is 48.3 Å². The van der Waals surface area contributed by atoms with Crippen molar-refractivity contribution in [1.29, 1.82) is 0 Å². The third-order valence-corrected chi connectivity index (χ3v) is 4.60. The number of piperidine rings is 1. The van der Waals surface area contributed by atoms with E-state index in [-0.39, 0.29) is 6.29 Å². The quantitative estimate of drug-likeness (QED) is 0.867. The summed E-state index contributed by atoms with van der Waals surface area (Å²) in [5, 5.41) is 4.47. The zero-order valence-electron chi connectivity index (χ0n) is 13.1. The standard InChI is InChI=1S/C18H21N3O2/c1-2-4-15(5-3-1)13-21-14-17(12-19-21)20-8-6-16(7-9-20)18-22-10-11-23-18/h1-2,4,12,14,16,18H,6-11,13H2. The van der Waals surface area contributed by atoms with E-state index in [1.54, 1.807) is 0 Å². The Morgan fingerprint density at radius 1 is 1.22 bits per heavy atom. The second kappa shape index (κ2) is 6.61. The Morgan fingerprint density at radius 3 is 2.78 bits per heavy atom. The molecule has 0 unspecified atom stereocenters. The van der Waals surface area contributed by atoms with Crippen molar-refractivity contribution in [2.45, 2.75) is 25.7 Å². The Hall–Kier alpha value is -2.03. The van der Waals surface area contributed by atoms with Crippen LogP contribution < -0.4 is 4.90 Å². The number of hydrogen-bond acceptors (Lipinski definition) is 4. The molecule has 2 aliphatic rings. The number of ether oxygens (including phenoxy) is 2. The van der Waals surface area contributed by atoms with Crippen LogP contribution in [0.3, 0.4) is 0 Å².